The number of ether oxygens (including phenoxy) is 1. The van der Waals surface area contributed by atoms with Crippen LogP contribution < -0.4 is 10.6 Å². The van der Waals surface area contributed by atoms with Crippen LogP contribution in [0.25, 0.3) is 0 Å². The molecule has 0 spiro atoms. The van der Waals surface area contributed by atoms with Gasteiger partial charge in [0.25, 0.3) is 0 Å². The molecule has 124 valence electrons. The predicted octanol–water partition coefficient (Wildman–Crippen LogP) is 2.84. The molecule has 0 saturated carbocycles. The molecule has 21 heavy (non-hydrogen) atoms. The Hall–Kier alpha value is -0.530. The van der Waals surface area contributed by atoms with Crippen molar-refractivity contribution >= 4 is 35.9 Å². The lowest BCUT2D eigenvalue weighted by Crippen LogP contribution is -2.41. The highest BCUT2D eigenvalue weighted by molar-refractivity contribution is 14.0. The summed E-state index contributed by atoms with van der Waals surface area (Å²) in [5, 5.41) is 6.54. The van der Waals surface area contributed by atoms with Crippen molar-refractivity contribution in [3.05, 3.63) is 0 Å². The molecule has 0 amide bonds. The Kier molecular flexibility index (Phi) is 10.8. The number of unbranched alkanes of at least 4 members (excludes halogenated alkanes) is 3. The van der Waals surface area contributed by atoms with E-state index in [1.807, 2.05) is 20.8 Å². The Morgan fingerprint density at radius 2 is 2.00 bits per heavy atom. The topological polar surface area (TPSA) is 62.7 Å². The standard InChI is InChI=1S/C15H29N3O2.HI/c1-15(2,3)20-13(19)9-6-4-5-7-10-16-14-17-11-8-12-18-14;/h4-12H2,1-3H3,(H2,16,17,18);1H. The van der Waals surface area contributed by atoms with E-state index in [4.69, 9.17) is 4.74 Å². The zero-order chi connectivity index (χ0) is 14.8. The van der Waals surface area contributed by atoms with Crippen LogP contribution in [0.3, 0.4) is 0 Å². The average Bonchev–Trinajstić information content (AvgIpc) is 2.37. The van der Waals surface area contributed by atoms with Crippen molar-refractivity contribution in [3.63, 3.8) is 0 Å². The molecular formula is C15H30IN3O2. The first-order chi connectivity index (χ1) is 9.47. The van der Waals surface area contributed by atoms with Gasteiger partial charge >= 0.3 is 5.97 Å². The van der Waals surface area contributed by atoms with Gasteiger partial charge in [0, 0.05) is 26.1 Å². The summed E-state index contributed by atoms with van der Waals surface area (Å²) >= 11 is 0. The summed E-state index contributed by atoms with van der Waals surface area (Å²) in [6.07, 6.45) is 5.86. The highest BCUT2D eigenvalue weighted by atomic mass is 127. The predicted molar refractivity (Wildman–Crippen MR) is 97.3 cm³/mol. The minimum absolute atomic E-state index is 0. The lowest BCUT2D eigenvalue weighted by molar-refractivity contribution is -0.154. The second-order valence-electron chi connectivity index (χ2n) is 6.19. The molecule has 0 atom stereocenters. The Bertz CT molecular complexity index is 327. The molecular weight excluding hydrogens is 381 g/mol. The molecule has 0 bridgehead atoms. The number of hydrogen-bond acceptors (Lipinski definition) is 5. The normalized spacial score (nSPS) is 14.5. The van der Waals surface area contributed by atoms with E-state index < -0.39 is 0 Å². The molecule has 0 saturated heterocycles. The van der Waals surface area contributed by atoms with Crippen molar-refractivity contribution in [3.8, 4) is 0 Å². The van der Waals surface area contributed by atoms with Crippen LogP contribution in [0.5, 0.6) is 0 Å². The van der Waals surface area contributed by atoms with Crippen LogP contribution in [0.1, 0.15) is 59.3 Å². The van der Waals surface area contributed by atoms with Crippen molar-refractivity contribution in [1.82, 2.24) is 10.6 Å². The van der Waals surface area contributed by atoms with Gasteiger partial charge in [0.05, 0.1) is 0 Å². The molecule has 0 aliphatic carbocycles. The second-order valence-corrected chi connectivity index (χ2v) is 6.19. The number of nitrogens with one attached hydrogen (secondary N) is 2. The third kappa shape index (κ3) is 11.8. The lowest BCUT2D eigenvalue weighted by atomic mass is 10.1. The van der Waals surface area contributed by atoms with Gasteiger partial charge in [-0.2, -0.15) is 0 Å². The van der Waals surface area contributed by atoms with Crippen LogP contribution in [-0.2, 0) is 9.53 Å². The van der Waals surface area contributed by atoms with Gasteiger partial charge in [0.15, 0.2) is 5.96 Å². The number of halogens is 1. The van der Waals surface area contributed by atoms with Crippen molar-refractivity contribution in [2.45, 2.75) is 64.9 Å². The number of rotatable bonds is 7. The maximum Gasteiger partial charge on any atom is 0.306 e. The smallest absolute Gasteiger partial charge is 0.306 e. The largest absolute Gasteiger partial charge is 0.460 e. The van der Waals surface area contributed by atoms with E-state index in [-0.39, 0.29) is 35.5 Å². The number of esters is 1. The van der Waals surface area contributed by atoms with Gasteiger partial charge in [-0.1, -0.05) is 12.8 Å². The monoisotopic (exact) mass is 411 g/mol. The fourth-order valence-corrected chi connectivity index (χ4v) is 2.00. The Labute approximate surface area is 145 Å². The van der Waals surface area contributed by atoms with Crippen LogP contribution in [0, 0.1) is 0 Å². The summed E-state index contributed by atoms with van der Waals surface area (Å²) in [5.41, 5.74) is -0.366. The van der Waals surface area contributed by atoms with Crippen molar-refractivity contribution in [2.75, 3.05) is 19.6 Å². The number of hydrogen-bond donors (Lipinski definition) is 2. The van der Waals surface area contributed by atoms with E-state index >= 15 is 0 Å². The summed E-state index contributed by atoms with van der Waals surface area (Å²) < 4.78 is 5.27. The number of aliphatic imine (C=N–C) groups is 1. The molecule has 1 aliphatic heterocycles. The minimum atomic E-state index is -0.366. The van der Waals surface area contributed by atoms with Crippen LogP contribution in [0.15, 0.2) is 4.99 Å². The van der Waals surface area contributed by atoms with Gasteiger partial charge in [0.2, 0.25) is 0 Å². The molecule has 6 heteroatoms. The van der Waals surface area contributed by atoms with E-state index in [2.05, 4.69) is 15.6 Å². The summed E-state index contributed by atoms with van der Waals surface area (Å²) in [6.45, 7) is 8.58. The molecule has 1 aliphatic rings. The lowest BCUT2D eigenvalue weighted by Gasteiger charge is -2.19. The maximum atomic E-state index is 11.5. The van der Waals surface area contributed by atoms with Gasteiger partial charge in [-0.05, 0) is 40.0 Å². The fourth-order valence-electron chi connectivity index (χ4n) is 2.00. The first-order valence-electron chi connectivity index (χ1n) is 7.71. The number of carbonyl (C=O) groups excluding carboxylic acids is 1. The third-order valence-electron chi connectivity index (χ3n) is 2.92. The third-order valence-corrected chi connectivity index (χ3v) is 2.92. The molecule has 0 fully saturated rings. The number of guanidine groups is 1. The molecule has 0 radical (unpaired) electrons. The minimum Gasteiger partial charge on any atom is -0.460 e. The summed E-state index contributed by atoms with van der Waals surface area (Å²) in [4.78, 5) is 15.8. The zero-order valence-corrected chi connectivity index (χ0v) is 15.9. The summed E-state index contributed by atoms with van der Waals surface area (Å²) in [5.74, 6) is 0.849. The first-order valence-corrected chi connectivity index (χ1v) is 7.71. The van der Waals surface area contributed by atoms with Gasteiger partial charge in [-0.25, -0.2) is 0 Å². The number of nitrogens with zero attached hydrogens (tertiary/aromatic N) is 1. The van der Waals surface area contributed by atoms with Crippen molar-refractivity contribution in [1.29, 1.82) is 0 Å². The zero-order valence-electron chi connectivity index (χ0n) is 13.5. The second kappa shape index (κ2) is 11.1. The first kappa shape index (κ1) is 20.5. The molecule has 1 rings (SSSR count). The van der Waals surface area contributed by atoms with E-state index in [9.17, 15) is 4.79 Å². The van der Waals surface area contributed by atoms with E-state index in [1.165, 1.54) is 0 Å². The highest BCUT2D eigenvalue weighted by Crippen LogP contribution is 2.10. The molecule has 0 unspecified atom stereocenters. The Balaban J connectivity index is 0.00000400. The SMILES string of the molecule is CC(C)(C)OC(=O)CCCCCCNC1=NCCCN1.I. The van der Waals surface area contributed by atoms with Crippen LogP contribution in [-0.4, -0.2) is 37.2 Å². The fraction of sp³-hybridized carbons (Fsp3) is 0.867. The summed E-state index contributed by atoms with van der Waals surface area (Å²) in [6, 6.07) is 0. The molecule has 5 nitrogen and oxygen atoms in total. The number of carbonyl (C=O) groups is 1. The van der Waals surface area contributed by atoms with Gasteiger partial charge in [-0.15, -0.1) is 24.0 Å². The van der Waals surface area contributed by atoms with Crippen LogP contribution >= 0.6 is 24.0 Å². The van der Waals surface area contributed by atoms with Crippen molar-refractivity contribution < 1.29 is 9.53 Å². The van der Waals surface area contributed by atoms with E-state index in [0.29, 0.717) is 6.42 Å². The van der Waals surface area contributed by atoms with Gasteiger partial charge in [0.1, 0.15) is 5.60 Å². The maximum absolute atomic E-state index is 11.5. The van der Waals surface area contributed by atoms with E-state index in [0.717, 1.165) is 57.7 Å². The molecule has 0 aromatic carbocycles. The van der Waals surface area contributed by atoms with Crippen molar-refractivity contribution in [2.24, 2.45) is 4.99 Å². The van der Waals surface area contributed by atoms with Crippen LogP contribution in [0.2, 0.25) is 0 Å². The Morgan fingerprint density at radius 3 is 2.62 bits per heavy atom. The highest BCUT2D eigenvalue weighted by Gasteiger charge is 2.15. The average molecular weight is 411 g/mol. The quantitative estimate of drug-likeness (QED) is 0.384. The molecule has 0 aromatic rings. The van der Waals surface area contributed by atoms with Gasteiger partial charge < -0.3 is 15.4 Å². The summed E-state index contributed by atoms with van der Waals surface area (Å²) in [7, 11) is 0. The molecule has 0 aromatic heterocycles. The van der Waals surface area contributed by atoms with Gasteiger partial charge in [-0.3, -0.25) is 9.79 Å². The molecule has 1 heterocycles. The molecule has 2 N–H and O–H groups in total. The Morgan fingerprint density at radius 1 is 1.29 bits per heavy atom. The van der Waals surface area contributed by atoms with E-state index in [1.54, 1.807) is 0 Å². The van der Waals surface area contributed by atoms with Crippen LogP contribution in [0.4, 0.5) is 0 Å².